The lowest BCUT2D eigenvalue weighted by Gasteiger charge is -2.30. The van der Waals surface area contributed by atoms with Gasteiger partial charge in [0.15, 0.2) is 5.65 Å². The number of fused-ring (bicyclic) bond motifs is 3. The number of rotatable bonds is 8. The lowest BCUT2D eigenvalue weighted by atomic mass is 10.1. The molecular formula is C31H28N6O3S. The number of aryl methyl sites for hydroxylation is 1. The highest BCUT2D eigenvalue weighted by Gasteiger charge is 2.45. The van der Waals surface area contributed by atoms with E-state index < -0.39 is 17.2 Å². The van der Waals surface area contributed by atoms with E-state index in [1.54, 1.807) is 29.2 Å². The number of benzene rings is 3. The SMILES string of the molecule is CCC(Sc1nnc2c3ccccc3n(C)c2n1)C(=O)N(Cc1ccccc1)C1CC(=O)N(c2ccccc2)C1=O. The molecule has 5 aromatic rings. The average molecular weight is 565 g/mol. The van der Waals surface area contributed by atoms with Crippen molar-refractivity contribution in [2.45, 2.75) is 42.8 Å². The van der Waals surface area contributed by atoms with E-state index in [-0.39, 0.29) is 24.8 Å². The molecule has 1 saturated heterocycles. The summed E-state index contributed by atoms with van der Waals surface area (Å²) in [6.45, 7) is 2.11. The third kappa shape index (κ3) is 4.95. The summed E-state index contributed by atoms with van der Waals surface area (Å²) in [7, 11) is 1.93. The summed E-state index contributed by atoms with van der Waals surface area (Å²) in [5, 5.41) is 9.56. The minimum absolute atomic E-state index is 0.0760. The second kappa shape index (κ2) is 11.1. The van der Waals surface area contributed by atoms with E-state index in [0.29, 0.717) is 28.4 Å². The molecule has 1 fully saturated rings. The molecule has 2 unspecified atom stereocenters. The standard InChI is InChI=1S/C31H28N6O3S/c1-3-25(41-31-32-28-27(33-34-31)22-16-10-11-17-23(22)35(28)2)30(40)36(19-20-12-6-4-7-13-20)24-18-26(38)37(29(24)39)21-14-8-5-9-15-21/h4-17,24-25H,3,18-19H2,1-2H3. The number of carbonyl (C=O) groups excluding carboxylic acids is 3. The molecule has 2 atom stereocenters. The minimum atomic E-state index is -0.912. The van der Waals surface area contributed by atoms with Gasteiger partial charge in [-0.2, -0.15) is 0 Å². The number of amides is 3. The minimum Gasteiger partial charge on any atom is -0.327 e. The summed E-state index contributed by atoms with van der Waals surface area (Å²) in [4.78, 5) is 48.4. The van der Waals surface area contributed by atoms with E-state index in [1.807, 2.05) is 79.2 Å². The van der Waals surface area contributed by atoms with Gasteiger partial charge in [0, 0.05) is 19.0 Å². The first-order valence-electron chi connectivity index (χ1n) is 13.5. The Bertz CT molecular complexity index is 1760. The van der Waals surface area contributed by atoms with Crippen molar-refractivity contribution in [2.24, 2.45) is 7.05 Å². The third-order valence-electron chi connectivity index (χ3n) is 7.37. The van der Waals surface area contributed by atoms with Gasteiger partial charge in [0.05, 0.1) is 22.9 Å². The van der Waals surface area contributed by atoms with E-state index >= 15 is 0 Å². The summed E-state index contributed by atoms with van der Waals surface area (Å²) in [5.41, 5.74) is 3.75. The molecule has 0 radical (unpaired) electrons. The number of carbonyl (C=O) groups is 3. The molecule has 9 nitrogen and oxygen atoms in total. The first kappa shape index (κ1) is 26.6. The molecule has 3 amide bonds. The molecule has 0 bridgehead atoms. The number of thioether (sulfide) groups is 1. The van der Waals surface area contributed by atoms with Crippen molar-refractivity contribution in [1.29, 1.82) is 0 Å². The number of aromatic nitrogens is 4. The van der Waals surface area contributed by atoms with Crippen molar-refractivity contribution in [3.63, 3.8) is 0 Å². The summed E-state index contributed by atoms with van der Waals surface area (Å²) in [6.07, 6.45) is 0.399. The molecule has 0 N–H and O–H groups in total. The predicted molar refractivity (Wildman–Crippen MR) is 158 cm³/mol. The Morgan fingerprint density at radius 2 is 1.66 bits per heavy atom. The van der Waals surface area contributed by atoms with Crippen molar-refractivity contribution in [2.75, 3.05) is 4.90 Å². The average Bonchev–Trinajstić information content (AvgIpc) is 3.47. The van der Waals surface area contributed by atoms with Gasteiger partial charge in [0.2, 0.25) is 17.0 Å². The lowest BCUT2D eigenvalue weighted by molar-refractivity contribution is -0.138. The fourth-order valence-electron chi connectivity index (χ4n) is 5.29. The van der Waals surface area contributed by atoms with Crippen LogP contribution in [0.25, 0.3) is 22.1 Å². The van der Waals surface area contributed by atoms with Crippen LogP contribution in [0.1, 0.15) is 25.3 Å². The molecule has 10 heteroatoms. The number of nitrogens with zero attached hydrogens (tertiary/aromatic N) is 6. The fraction of sp³-hybridized carbons (Fsp3) is 0.226. The van der Waals surface area contributed by atoms with Gasteiger partial charge in [-0.05, 0) is 30.2 Å². The molecular weight excluding hydrogens is 536 g/mol. The number of hydrogen-bond donors (Lipinski definition) is 0. The zero-order valence-electron chi connectivity index (χ0n) is 22.7. The molecule has 3 heterocycles. The normalized spacial score (nSPS) is 16.0. The maximum absolute atomic E-state index is 14.2. The topological polar surface area (TPSA) is 101 Å². The first-order chi connectivity index (χ1) is 20.0. The van der Waals surface area contributed by atoms with Crippen molar-refractivity contribution >= 4 is 57.2 Å². The summed E-state index contributed by atoms with van der Waals surface area (Å²) < 4.78 is 1.97. The maximum atomic E-state index is 14.2. The molecule has 6 rings (SSSR count). The van der Waals surface area contributed by atoms with E-state index in [1.165, 1.54) is 16.7 Å². The highest BCUT2D eigenvalue weighted by atomic mass is 32.2. The third-order valence-corrected chi connectivity index (χ3v) is 8.58. The van der Waals surface area contributed by atoms with Crippen molar-refractivity contribution in [3.05, 3.63) is 90.5 Å². The van der Waals surface area contributed by atoms with Crippen LogP contribution >= 0.6 is 11.8 Å². The molecule has 0 saturated carbocycles. The van der Waals surface area contributed by atoms with Crippen molar-refractivity contribution < 1.29 is 14.4 Å². The van der Waals surface area contributed by atoms with Gasteiger partial charge in [-0.15, -0.1) is 10.2 Å². The summed E-state index contributed by atoms with van der Waals surface area (Å²) in [6, 6.07) is 25.3. The smallest absolute Gasteiger partial charge is 0.257 e. The van der Waals surface area contributed by atoms with Crippen LogP contribution in [0.3, 0.4) is 0 Å². The zero-order chi connectivity index (χ0) is 28.5. The molecule has 206 valence electrons. The van der Waals surface area contributed by atoms with Crippen LogP contribution in [0, 0.1) is 0 Å². The Hall–Kier alpha value is -4.57. The van der Waals surface area contributed by atoms with E-state index in [4.69, 9.17) is 4.98 Å². The summed E-state index contributed by atoms with van der Waals surface area (Å²) >= 11 is 1.23. The molecule has 2 aromatic heterocycles. The largest absolute Gasteiger partial charge is 0.327 e. The molecule has 0 spiro atoms. The summed E-state index contributed by atoms with van der Waals surface area (Å²) in [5.74, 6) is -0.977. The highest BCUT2D eigenvalue weighted by molar-refractivity contribution is 8.00. The maximum Gasteiger partial charge on any atom is 0.257 e. The van der Waals surface area contributed by atoms with Crippen LogP contribution in [0.15, 0.2) is 90.1 Å². The second-order valence-electron chi connectivity index (χ2n) is 9.93. The van der Waals surface area contributed by atoms with E-state index in [2.05, 4.69) is 10.2 Å². The Labute approximate surface area is 241 Å². The Morgan fingerprint density at radius 3 is 2.39 bits per heavy atom. The van der Waals surface area contributed by atoms with Crippen LogP contribution < -0.4 is 4.90 Å². The Kier molecular flexibility index (Phi) is 7.23. The molecule has 1 aliphatic rings. The van der Waals surface area contributed by atoms with Crippen LogP contribution in [0.2, 0.25) is 0 Å². The Morgan fingerprint density at radius 1 is 0.976 bits per heavy atom. The van der Waals surface area contributed by atoms with Gasteiger partial charge in [-0.1, -0.05) is 85.4 Å². The van der Waals surface area contributed by atoms with Crippen LogP contribution in [0.4, 0.5) is 5.69 Å². The molecule has 41 heavy (non-hydrogen) atoms. The predicted octanol–water partition coefficient (Wildman–Crippen LogP) is 4.75. The Balaban J connectivity index is 1.31. The monoisotopic (exact) mass is 564 g/mol. The second-order valence-corrected chi connectivity index (χ2v) is 11.1. The first-order valence-corrected chi connectivity index (χ1v) is 14.3. The number of anilines is 1. The van der Waals surface area contributed by atoms with Gasteiger partial charge >= 0.3 is 0 Å². The quantitative estimate of drug-likeness (QED) is 0.198. The van der Waals surface area contributed by atoms with Crippen LogP contribution in [-0.2, 0) is 28.0 Å². The lowest BCUT2D eigenvalue weighted by Crippen LogP contribution is -2.48. The number of para-hydroxylation sites is 2. The van der Waals surface area contributed by atoms with Crippen LogP contribution in [0.5, 0.6) is 0 Å². The van der Waals surface area contributed by atoms with Crippen LogP contribution in [-0.4, -0.2) is 53.7 Å². The number of imide groups is 1. The zero-order valence-corrected chi connectivity index (χ0v) is 23.5. The van der Waals surface area contributed by atoms with Gasteiger partial charge in [-0.3, -0.25) is 14.4 Å². The molecule has 3 aromatic carbocycles. The van der Waals surface area contributed by atoms with Crippen molar-refractivity contribution in [3.8, 4) is 0 Å². The highest BCUT2D eigenvalue weighted by Crippen LogP contribution is 2.32. The molecule has 1 aliphatic heterocycles. The van der Waals surface area contributed by atoms with Gasteiger partial charge in [0.1, 0.15) is 11.6 Å². The fourth-order valence-corrected chi connectivity index (χ4v) is 6.18. The van der Waals surface area contributed by atoms with Gasteiger partial charge in [0.25, 0.3) is 5.91 Å². The van der Waals surface area contributed by atoms with E-state index in [0.717, 1.165) is 16.5 Å². The van der Waals surface area contributed by atoms with Crippen molar-refractivity contribution in [1.82, 2.24) is 24.6 Å². The number of hydrogen-bond acceptors (Lipinski definition) is 7. The van der Waals surface area contributed by atoms with E-state index in [9.17, 15) is 14.4 Å². The van der Waals surface area contributed by atoms with Gasteiger partial charge < -0.3 is 9.47 Å². The molecule has 0 aliphatic carbocycles. The van der Waals surface area contributed by atoms with Gasteiger partial charge in [-0.25, -0.2) is 9.88 Å².